The third kappa shape index (κ3) is 4.94. The Hall–Kier alpha value is -4.83. The summed E-state index contributed by atoms with van der Waals surface area (Å²) in [6, 6.07) is 19.5. The number of benzene rings is 3. The van der Waals surface area contributed by atoms with E-state index in [-0.39, 0.29) is 17.7 Å². The van der Waals surface area contributed by atoms with Gasteiger partial charge in [-0.1, -0.05) is 53.8 Å². The first-order chi connectivity index (χ1) is 20.5. The third-order valence-corrected chi connectivity index (χ3v) is 7.94. The van der Waals surface area contributed by atoms with Gasteiger partial charge in [0.05, 0.1) is 42.7 Å². The molecule has 0 radical (unpaired) electrons. The average molecular weight is 585 g/mol. The van der Waals surface area contributed by atoms with E-state index in [1.807, 2.05) is 54.6 Å². The monoisotopic (exact) mass is 584 g/mol. The number of ether oxygens (including phenoxy) is 5. The summed E-state index contributed by atoms with van der Waals surface area (Å²) in [4.78, 5) is 33.1. The zero-order valence-electron chi connectivity index (χ0n) is 23.3. The first-order valence-electron chi connectivity index (χ1n) is 13.4. The van der Waals surface area contributed by atoms with Crippen LogP contribution in [-0.4, -0.2) is 44.6 Å². The van der Waals surface area contributed by atoms with Gasteiger partial charge in [0.1, 0.15) is 13.2 Å². The first kappa shape index (κ1) is 27.3. The normalized spacial score (nSPS) is 16.0. The summed E-state index contributed by atoms with van der Waals surface area (Å²) in [5.41, 5.74) is 2.57. The summed E-state index contributed by atoms with van der Waals surface area (Å²) in [6.07, 6.45) is 1.80. The maximum absolute atomic E-state index is 14.1. The average Bonchev–Trinajstić information content (AvgIpc) is 3.34. The van der Waals surface area contributed by atoms with Crippen molar-refractivity contribution in [1.29, 1.82) is 0 Å². The van der Waals surface area contributed by atoms with Crippen molar-refractivity contribution < 1.29 is 28.5 Å². The molecule has 0 bridgehead atoms. The van der Waals surface area contributed by atoms with Crippen LogP contribution in [0.25, 0.3) is 11.8 Å². The van der Waals surface area contributed by atoms with E-state index in [4.69, 9.17) is 28.7 Å². The van der Waals surface area contributed by atoms with Crippen LogP contribution < -0.4 is 33.8 Å². The van der Waals surface area contributed by atoms with Crippen LogP contribution >= 0.6 is 11.3 Å². The number of aromatic nitrogens is 1. The van der Waals surface area contributed by atoms with Gasteiger partial charge in [-0.25, -0.2) is 9.79 Å². The van der Waals surface area contributed by atoms with Crippen molar-refractivity contribution in [3.63, 3.8) is 0 Å². The summed E-state index contributed by atoms with van der Waals surface area (Å²) in [5, 5.41) is 0. The molecule has 0 N–H and O–H groups in total. The lowest BCUT2D eigenvalue weighted by molar-refractivity contribution is -0.138. The van der Waals surface area contributed by atoms with E-state index >= 15 is 0 Å². The standard InChI is InChI=1S/C32H28N2O7S/c1-4-39-31(36)27-28(20-8-6-5-7-9-20)33-32-34(29(27)21-11-13-22(37-2)24(18-21)38-3)30(35)26(42-32)17-19-10-12-23-25(16-19)41-15-14-40-23/h5-13,16-18,29H,4,14-15H2,1-3H3/b26-17-/t29-/m1/s1. The van der Waals surface area contributed by atoms with E-state index in [0.717, 1.165) is 11.1 Å². The second-order valence-electron chi connectivity index (χ2n) is 9.45. The minimum Gasteiger partial charge on any atom is -0.493 e. The van der Waals surface area contributed by atoms with Gasteiger partial charge in [-0.05, 0) is 48.4 Å². The van der Waals surface area contributed by atoms with Crippen molar-refractivity contribution in [2.24, 2.45) is 4.99 Å². The highest BCUT2D eigenvalue weighted by Gasteiger charge is 2.35. The lowest BCUT2D eigenvalue weighted by atomic mass is 9.93. The lowest BCUT2D eigenvalue weighted by Crippen LogP contribution is -2.40. The van der Waals surface area contributed by atoms with Crippen LogP contribution in [0, 0.1) is 0 Å². The molecule has 0 saturated carbocycles. The number of carbonyl (C=O) groups excluding carboxylic acids is 1. The van der Waals surface area contributed by atoms with Crippen LogP contribution in [0.5, 0.6) is 23.0 Å². The second kappa shape index (κ2) is 11.6. The maximum Gasteiger partial charge on any atom is 0.338 e. The van der Waals surface area contributed by atoms with Crippen molar-refractivity contribution >= 4 is 29.1 Å². The molecule has 4 aromatic rings. The molecular formula is C32H28N2O7S. The van der Waals surface area contributed by atoms with Gasteiger partial charge in [-0.2, -0.15) is 0 Å². The zero-order valence-corrected chi connectivity index (χ0v) is 24.1. The van der Waals surface area contributed by atoms with Crippen LogP contribution in [0.4, 0.5) is 0 Å². The Kier molecular flexibility index (Phi) is 7.54. The minimum atomic E-state index is -0.835. The highest BCUT2D eigenvalue weighted by Crippen LogP contribution is 2.38. The predicted octanol–water partition coefficient (Wildman–Crippen LogP) is 3.72. The lowest BCUT2D eigenvalue weighted by Gasteiger charge is -2.26. The van der Waals surface area contributed by atoms with Crippen LogP contribution in [0.1, 0.15) is 29.7 Å². The van der Waals surface area contributed by atoms with Gasteiger partial charge < -0.3 is 23.7 Å². The summed E-state index contributed by atoms with van der Waals surface area (Å²) < 4.78 is 29.9. The number of methoxy groups -OCH3 is 2. The highest BCUT2D eigenvalue weighted by atomic mass is 32.1. The molecule has 2 aliphatic heterocycles. The molecule has 0 aliphatic carbocycles. The van der Waals surface area contributed by atoms with E-state index in [0.29, 0.717) is 56.8 Å². The fourth-order valence-corrected chi connectivity index (χ4v) is 6.08. The van der Waals surface area contributed by atoms with Crippen LogP contribution in [0.15, 0.2) is 82.1 Å². The van der Waals surface area contributed by atoms with Crippen molar-refractivity contribution in [3.8, 4) is 23.0 Å². The van der Waals surface area contributed by atoms with Crippen LogP contribution in [0.2, 0.25) is 0 Å². The molecule has 6 rings (SSSR count). The van der Waals surface area contributed by atoms with E-state index in [1.54, 1.807) is 36.8 Å². The Morgan fingerprint density at radius 3 is 2.50 bits per heavy atom. The van der Waals surface area contributed by atoms with E-state index < -0.39 is 12.0 Å². The van der Waals surface area contributed by atoms with Gasteiger partial charge in [0.2, 0.25) is 0 Å². The van der Waals surface area contributed by atoms with Crippen LogP contribution in [0.3, 0.4) is 0 Å². The summed E-state index contributed by atoms with van der Waals surface area (Å²) in [7, 11) is 3.09. The van der Waals surface area contributed by atoms with E-state index in [1.165, 1.54) is 18.4 Å². The Labute approximate surface area is 245 Å². The summed E-state index contributed by atoms with van der Waals surface area (Å²) >= 11 is 1.25. The number of nitrogens with zero attached hydrogens (tertiary/aromatic N) is 2. The Bertz CT molecular complexity index is 1870. The SMILES string of the molecule is CCOC(=O)C1=C(c2ccccc2)N=c2s/c(=C\c3ccc4c(c3)OCCO4)c(=O)n2[C@@H]1c1ccc(OC)c(OC)c1. The maximum atomic E-state index is 14.1. The smallest absolute Gasteiger partial charge is 0.338 e. The predicted molar refractivity (Wildman–Crippen MR) is 158 cm³/mol. The van der Waals surface area contributed by atoms with Gasteiger partial charge in [0, 0.05) is 5.56 Å². The molecule has 42 heavy (non-hydrogen) atoms. The molecule has 0 fully saturated rings. The van der Waals surface area contributed by atoms with Gasteiger partial charge in [0.25, 0.3) is 5.56 Å². The number of esters is 1. The summed E-state index contributed by atoms with van der Waals surface area (Å²) in [5.74, 6) is 1.73. The summed E-state index contributed by atoms with van der Waals surface area (Å²) in [6.45, 7) is 2.86. The van der Waals surface area contributed by atoms with Crippen LogP contribution in [-0.2, 0) is 9.53 Å². The van der Waals surface area contributed by atoms with Gasteiger partial charge >= 0.3 is 5.97 Å². The van der Waals surface area contributed by atoms with Gasteiger partial charge in [-0.3, -0.25) is 9.36 Å². The number of thiazole rings is 1. The van der Waals surface area contributed by atoms with Crippen molar-refractivity contribution in [2.45, 2.75) is 13.0 Å². The molecular weight excluding hydrogens is 556 g/mol. The highest BCUT2D eigenvalue weighted by molar-refractivity contribution is 7.07. The number of hydrogen-bond acceptors (Lipinski definition) is 9. The second-order valence-corrected chi connectivity index (χ2v) is 10.5. The molecule has 0 saturated heterocycles. The van der Waals surface area contributed by atoms with Crippen molar-refractivity contribution in [3.05, 3.63) is 109 Å². The van der Waals surface area contributed by atoms with Gasteiger partial charge in [0.15, 0.2) is 27.8 Å². The Balaban J connectivity index is 1.61. The fraction of sp³-hybridized carbons (Fsp3) is 0.219. The Morgan fingerprint density at radius 2 is 1.76 bits per heavy atom. The molecule has 3 aromatic carbocycles. The minimum absolute atomic E-state index is 0.164. The van der Waals surface area contributed by atoms with E-state index in [9.17, 15) is 9.59 Å². The quantitative estimate of drug-likeness (QED) is 0.306. The first-order valence-corrected chi connectivity index (χ1v) is 14.2. The molecule has 1 atom stereocenters. The largest absolute Gasteiger partial charge is 0.493 e. The number of rotatable bonds is 7. The molecule has 2 aliphatic rings. The number of fused-ring (bicyclic) bond motifs is 2. The third-order valence-electron chi connectivity index (χ3n) is 6.96. The zero-order chi connectivity index (χ0) is 29.2. The molecule has 0 unspecified atom stereocenters. The molecule has 0 amide bonds. The molecule has 0 spiro atoms. The van der Waals surface area contributed by atoms with E-state index in [2.05, 4.69) is 0 Å². The molecule has 9 nitrogen and oxygen atoms in total. The Morgan fingerprint density at radius 1 is 1.00 bits per heavy atom. The number of hydrogen-bond donors (Lipinski definition) is 0. The molecule has 10 heteroatoms. The fourth-order valence-electron chi connectivity index (χ4n) is 5.08. The molecule has 214 valence electrons. The molecule has 1 aromatic heterocycles. The number of carbonyl (C=O) groups is 1. The molecule has 3 heterocycles. The van der Waals surface area contributed by atoms with Crippen molar-refractivity contribution in [1.82, 2.24) is 4.57 Å². The van der Waals surface area contributed by atoms with Crippen molar-refractivity contribution in [2.75, 3.05) is 34.0 Å². The topological polar surface area (TPSA) is 97.6 Å². The van der Waals surface area contributed by atoms with Gasteiger partial charge in [-0.15, -0.1) is 0 Å².